The molecular formula is C13H23ClN2O2S. The van der Waals surface area contributed by atoms with E-state index in [1.165, 1.54) is 19.3 Å². The fraction of sp³-hybridized carbons (Fsp3) is 0.769. The smallest absolute Gasteiger partial charge is 0.280 e. The minimum Gasteiger partial charge on any atom is -0.333 e. The van der Waals surface area contributed by atoms with Crippen LogP contribution in [0.2, 0.25) is 0 Å². The molecule has 1 aromatic rings. The van der Waals surface area contributed by atoms with Crippen molar-refractivity contribution in [1.82, 2.24) is 9.55 Å². The first-order valence-corrected chi connectivity index (χ1v) is 9.19. The fourth-order valence-corrected chi connectivity index (χ4v) is 2.73. The second-order valence-electron chi connectivity index (χ2n) is 5.14. The molecule has 0 aliphatic rings. The summed E-state index contributed by atoms with van der Waals surface area (Å²) in [5.74, 6) is 0.970. The lowest BCUT2D eigenvalue weighted by Crippen LogP contribution is -2.04. The fourth-order valence-electron chi connectivity index (χ4n) is 2.05. The lowest BCUT2D eigenvalue weighted by molar-refractivity contribution is 0.544. The molecule has 0 fully saturated rings. The molecule has 0 radical (unpaired) electrons. The number of hydrogen-bond acceptors (Lipinski definition) is 3. The van der Waals surface area contributed by atoms with Crippen LogP contribution in [0.4, 0.5) is 0 Å². The van der Waals surface area contributed by atoms with Crippen molar-refractivity contribution in [2.24, 2.45) is 0 Å². The third-order valence-corrected chi connectivity index (χ3v) is 4.22. The highest BCUT2D eigenvalue weighted by Crippen LogP contribution is 2.20. The zero-order chi connectivity index (χ0) is 14.5. The van der Waals surface area contributed by atoms with Crippen LogP contribution in [0.15, 0.2) is 11.2 Å². The normalized spacial score (nSPS) is 12.3. The quantitative estimate of drug-likeness (QED) is 0.540. The highest BCUT2D eigenvalue weighted by atomic mass is 35.7. The molecule has 0 atom stereocenters. The van der Waals surface area contributed by atoms with E-state index in [-0.39, 0.29) is 10.9 Å². The van der Waals surface area contributed by atoms with E-state index in [1.807, 2.05) is 18.4 Å². The second kappa shape index (κ2) is 7.29. The van der Waals surface area contributed by atoms with Gasteiger partial charge in [-0.15, -0.1) is 0 Å². The van der Waals surface area contributed by atoms with Gasteiger partial charge in [-0.1, -0.05) is 46.5 Å². The first-order valence-electron chi connectivity index (χ1n) is 6.88. The maximum atomic E-state index is 11.3. The van der Waals surface area contributed by atoms with Crippen molar-refractivity contribution in [2.45, 2.75) is 70.4 Å². The van der Waals surface area contributed by atoms with Crippen molar-refractivity contribution in [3.8, 4) is 0 Å². The Bertz CT molecular complexity index is 495. The lowest BCUT2D eigenvalue weighted by Gasteiger charge is -2.09. The molecule has 4 nitrogen and oxygen atoms in total. The third kappa shape index (κ3) is 5.15. The van der Waals surface area contributed by atoms with E-state index in [0.717, 1.165) is 25.2 Å². The summed E-state index contributed by atoms with van der Waals surface area (Å²) in [4.78, 5) is 4.14. The van der Waals surface area contributed by atoms with Crippen molar-refractivity contribution in [2.75, 3.05) is 0 Å². The highest BCUT2D eigenvalue weighted by molar-refractivity contribution is 8.13. The van der Waals surface area contributed by atoms with Crippen LogP contribution in [0.3, 0.4) is 0 Å². The van der Waals surface area contributed by atoms with Crippen LogP contribution in [-0.2, 0) is 15.6 Å². The molecule has 0 saturated carbocycles. The summed E-state index contributed by atoms with van der Waals surface area (Å²) in [6.45, 7) is 6.99. The van der Waals surface area contributed by atoms with Crippen molar-refractivity contribution in [3.05, 3.63) is 12.0 Å². The Hall–Kier alpha value is -0.550. The van der Waals surface area contributed by atoms with Gasteiger partial charge in [-0.25, -0.2) is 13.4 Å². The monoisotopic (exact) mass is 306 g/mol. The van der Waals surface area contributed by atoms with E-state index in [4.69, 9.17) is 10.7 Å². The minimum absolute atomic E-state index is 0.0357. The predicted molar refractivity (Wildman–Crippen MR) is 78.1 cm³/mol. The molecule has 1 heterocycles. The molecule has 0 saturated heterocycles. The Morgan fingerprint density at radius 3 is 2.42 bits per heavy atom. The summed E-state index contributed by atoms with van der Waals surface area (Å²) in [6.07, 6.45) is 7.45. The third-order valence-electron chi connectivity index (χ3n) is 3.05. The molecule has 0 amide bonds. The minimum atomic E-state index is -3.74. The van der Waals surface area contributed by atoms with Gasteiger partial charge >= 0.3 is 0 Å². The molecule has 0 aliphatic carbocycles. The Kier molecular flexibility index (Phi) is 6.33. The first-order chi connectivity index (χ1) is 8.86. The Labute approximate surface area is 120 Å². The van der Waals surface area contributed by atoms with Crippen LogP contribution < -0.4 is 0 Å². The van der Waals surface area contributed by atoms with Gasteiger partial charge in [-0.3, -0.25) is 0 Å². The zero-order valence-electron chi connectivity index (χ0n) is 11.9. The molecular weight excluding hydrogens is 284 g/mol. The number of hydrogen-bond donors (Lipinski definition) is 0. The summed E-state index contributed by atoms with van der Waals surface area (Å²) in [5, 5.41) is -0.0357. The topological polar surface area (TPSA) is 52.0 Å². The van der Waals surface area contributed by atoms with E-state index in [1.54, 1.807) is 6.20 Å². The number of halogens is 1. The van der Waals surface area contributed by atoms with Gasteiger partial charge in [0.2, 0.25) is 0 Å². The summed E-state index contributed by atoms with van der Waals surface area (Å²) in [6, 6.07) is 0. The molecule has 1 aromatic heterocycles. The molecule has 0 unspecified atom stereocenters. The first kappa shape index (κ1) is 16.5. The van der Waals surface area contributed by atoms with Crippen molar-refractivity contribution in [3.63, 3.8) is 0 Å². The lowest BCUT2D eigenvalue weighted by atomic mass is 10.1. The van der Waals surface area contributed by atoms with Gasteiger partial charge in [0.05, 0.1) is 0 Å². The number of rotatable bonds is 8. The van der Waals surface area contributed by atoms with E-state index >= 15 is 0 Å². The number of unbranched alkanes of at least 4 members (excludes halogenated alkanes) is 4. The molecule has 110 valence electrons. The SMILES string of the molecule is CCCCCCCn1cc(S(=O)(=O)Cl)nc1C(C)C. The Morgan fingerprint density at radius 1 is 1.26 bits per heavy atom. The van der Waals surface area contributed by atoms with Gasteiger partial charge in [0, 0.05) is 29.3 Å². The molecule has 0 aliphatic heterocycles. The van der Waals surface area contributed by atoms with Crippen LogP contribution in [0.1, 0.15) is 64.6 Å². The Balaban J connectivity index is 2.73. The van der Waals surface area contributed by atoms with Crippen molar-refractivity contribution in [1.29, 1.82) is 0 Å². The maximum Gasteiger partial charge on any atom is 0.280 e. The second-order valence-corrected chi connectivity index (χ2v) is 7.65. The molecule has 19 heavy (non-hydrogen) atoms. The van der Waals surface area contributed by atoms with Gasteiger partial charge in [0.25, 0.3) is 9.05 Å². The summed E-state index contributed by atoms with van der Waals surface area (Å²) < 4.78 is 24.6. The van der Waals surface area contributed by atoms with E-state index < -0.39 is 9.05 Å². The summed E-state index contributed by atoms with van der Waals surface area (Å²) in [7, 11) is 1.61. The van der Waals surface area contributed by atoms with Crippen LogP contribution >= 0.6 is 10.7 Å². The molecule has 0 spiro atoms. The van der Waals surface area contributed by atoms with Crippen LogP contribution in [0.5, 0.6) is 0 Å². The van der Waals surface area contributed by atoms with Gasteiger partial charge < -0.3 is 4.57 Å². The van der Waals surface area contributed by atoms with Crippen LogP contribution in [0, 0.1) is 0 Å². The predicted octanol–water partition coefficient (Wildman–Crippen LogP) is 3.90. The molecule has 0 N–H and O–H groups in total. The number of nitrogens with zero attached hydrogens (tertiary/aromatic N) is 2. The molecule has 6 heteroatoms. The van der Waals surface area contributed by atoms with E-state index in [0.29, 0.717) is 0 Å². The summed E-state index contributed by atoms with van der Waals surface area (Å²) >= 11 is 0. The zero-order valence-corrected chi connectivity index (χ0v) is 13.5. The van der Waals surface area contributed by atoms with Gasteiger partial charge in [0.15, 0.2) is 5.03 Å². The van der Waals surface area contributed by atoms with E-state index in [9.17, 15) is 8.42 Å². The number of aryl methyl sites for hydroxylation is 1. The number of aromatic nitrogens is 2. The van der Waals surface area contributed by atoms with Gasteiger partial charge in [-0.05, 0) is 6.42 Å². The van der Waals surface area contributed by atoms with Crippen molar-refractivity contribution >= 4 is 19.7 Å². The highest BCUT2D eigenvalue weighted by Gasteiger charge is 2.19. The maximum absolute atomic E-state index is 11.3. The van der Waals surface area contributed by atoms with Crippen molar-refractivity contribution < 1.29 is 8.42 Å². The van der Waals surface area contributed by atoms with Gasteiger partial charge in [-0.2, -0.15) is 0 Å². The average Bonchev–Trinajstić information content (AvgIpc) is 2.72. The average molecular weight is 307 g/mol. The largest absolute Gasteiger partial charge is 0.333 e. The standard InChI is InChI=1S/C13H23ClN2O2S/c1-4-5-6-7-8-9-16-10-12(19(14,17)18)15-13(16)11(2)3/h10-11H,4-9H2,1-3H3. The van der Waals surface area contributed by atoms with E-state index in [2.05, 4.69) is 11.9 Å². The number of imidazole rings is 1. The molecule has 0 aromatic carbocycles. The molecule has 0 bridgehead atoms. The van der Waals surface area contributed by atoms with Crippen LogP contribution in [-0.4, -0.2) is 18.0 Å². The molecule has 1 rings (SSSR count). The summed E-state index contributed by atoms with van der Waals surface area (Å²) in [5.41, 5.74) is 0. The van der Waals surface area contributed by atoms with Gasteiger partial charge in [0.1, 0.15) is 5.82 Å². The Morgan fingerprint density at radius 2 is 1.89 bits per heavy atom. The van der Waals surface area contributed by atoms with Crippen LogP contribution in [0.25, 0.3) is 0 Å².